The van der Waals surface area contributed by atoms with E-state index in [1.807, 2.05) is 19.2 Å². The molecular weight excluding hydrogens is 362 g/mol. The molecule has 0 bridgehead atoms. The molecule has 148 valence electrons. The number of likely N-dealkylation sites (tertiary alicyclic amines) is 1. The largest absolute Gasteiger partial charge is 0.398 e. The van der Waals surface area contributed by atoms with E-state index in [0.29, 0.717) is 0 Å². The highest BCUT2D eigenvalue weighted by atomic mass is 19.1. The van der Waals surface area contributed by atoms with Gasteiger partial charge in [0, 0.05) is 43.2 Å². The molecular formula is C21H24F2N4O. The lowest BCUT2D eigenvalue weighted by Gasteiger charge is -2.17. The summed E-state index contributed by atoms with van der Waals surface area (Å²) in [6.07, 6.45) is 2.80. The van der Waals surface area contributed by atoms with Crippen molar-refractivity contribution in [2.24, 2.45) is 10.7 Å². The molecule has 28 heavy (non-hydrogen) atoms. The predicted octanol–water partition coefficient (Wildman–Crippen LogP) is 3.29. The fraction of sp³-hybridized carbons (Fsp3) is 0.333. The molecule has 5 nitrogen and oxygen atoms in total. The summed E-state index contributed by atoms with van der Waals surface area (Å²) in [7, 11) is 0. The minimum Gasteiger partial charge on any atom is -0.398 e. The van der Waals surface area contributed by atoms with Gasteiger partial charge in [-0.15, -0.1) is 0 Å². The molecule has 0 radical (unpaired) electrons. The normalized spacial score (nSPS) is 18.2. The van der Waals surface area contributed by atoms with Gasteiger partial charge < -0.3 is 10.5 Å². The summed E-state index contributed by atoms with van der Waals surface area (Å²) in [5.74, 6) is -1.39. The molecule has 1 aromatic heterocycles. The zero-order chi connectivity index (χ0) is 20.1. The summed E-state index contributed by atoms with van der Waals surface area (Å²) < 4.78 is 33.0. The molecule has 2 N–H and O–H groups in total. The average Bonchev–Trinajstić information content (AvgIpc) is 3.11. The Morgan fingerprint density at radius 3 is 2.86 bits per heavy atom. The highest BCUT2D eigenvalue weighted by molar-refractivity contribution is 5.70. The highest BCUT2D eigenvalue weighted by Gasteiger charge is 2.23. The molecule has 3 rings (SSSR count). The van der Waals surface area contributed by atoms with Crippen molar-refractivity contribution in [2.45, 2.75) is 26.0 Å². The van der Waals surface area contributed by atoms with Crippen molar-refractivity contribution in [1.82, 2.24) is 9.88 Å². The van der Waals surface area contributed by atoms with Gasteiger partial charge in [-0.05, 0) is 43.8 Å². The van der Waals surface area contributed by atoms with Crippen molar-refractivity contribution in [1.29, 1.82) is 0 Å². The first-order chi connectivity index (χ1) is 13.5. The number of pyridine rings is 1. The van der Waals surface area contributed by atoms with Crippen LogP contribution in [0.4, 0.5) is 8.78 Å². The third-order valence-corrected chi connectivity index (χ3v) is 4.73. The number of rotatable bonds is 7. The van der Waals surface area contributed by atoms with E-state index in [4.69, 9.17) is 10.5 Å². The Labute approximate surface area is 163 Å². The van der Waals surface area contributed by atoms with Gasteiger partial charge in [0.2, 0.25) is 0 Å². The first-order valence-electron chi connectivity index (χ1n) is 9.12. The van der Waals surface area contributed by atoms with Gasteiger partial charge in [-0.25, -0.2) is 8.78 Å². The van der Waals surface area contributed by atoms with Gasteiger partial charge in [-0.2, -0.15) is 0 Å². The van der Waals surface area contributed by atoms with Crippen molar-refractivity contribution < 1.29 is 13.5 Å². The SMILES string of the molecule is C=N/C(=C(\N)COC1CCN(Cc2ccc(C)nc2)C1)c1ccc(F)cc1F. The van der Waals surface area contributed by atoms with Gasteiger partial charge in [0.05, 0.1) is 24.1 Å². The summed E-state index contributed by atoms with van der Waals surface area (Å²) in [6.45, 7) is 8.04. The van der Waals surface area contributed by atoms with E-state index >= 15 is 0 Å². The summed E-state index contributed by atoms with van der Waals surface area (Å²) >= 11 is 0. The van der Waals surface area contributed by atoms with Crippen LogP contribution in [0.3, 0.4) is 0 Å². The molecule has 1 saturated heterocycles. The maximum absolute atomic E-state index is 14.0. The third-order valence-electron chi connectivity index (χ3n) is 4.73. The fourth-order valence-corrected chi connectivity index (χ4v) is 3.24. The van der Waals surface area contributed by atoms with Gasteiger partial charge in [-0.1, -0.05) is 6.07 Å². The summed E-state index contributed by atoms with van der Waals surface area (Å²) in [6, 6.07) is 7.34. The lowest BCUT2D eigenvalue weighted by molar-refractivity contribution is 0.0745. The van der Waals surface area contributed by atoms with Crippen LogP contribution in [0.25, 0.3) is 5.70 Å². The van der Waals surface area contributed by atoms with Gasteiger partial charge >= 0.3 is 0 Å². The van der Waals surface area contributed by atoms with Crippen molar-refractivity contribution >= 4 is 12.4 Å². The molecule has 1 fully saturated rings. The van der Waals surface area contributed by atoms with Gasteiger partial charge in [0.25, 0.3) is 0 Å². The molecule has 1 aromatic carbocycles. The van der Waals surface area contributed by atoms with Crippen LogP contribution in [0.2, 0.25) is 0 Å². The van der Waals surface area contributed by atoms with Crippen molar-refractivity contribution in [3.63, 3.8) is 0 Å². The van der Waals surface area contributed by atoms with E-state index in [-0.39, 0.29) is 29.7 Å². The Morgan fingerprint density at radius 2 is 2.18 bits per heavy atom. The monoisotopic (exact) mass is 386 g/mol. The Balaban J connectivity index is 1.57. The predicted molar refractivity (Wildman–Crippen MR) is 106 cm³/mol. The number of nitrogens with two attached hydrogens (primary N) is 1. The smallest absolute Gasteiger partial charge is 0.135 e. The second kappa shape index (κ2) is 9.03. The highest BCUT2D eigenvalue weighted by Crippen LogP contribution is 2.23. The standard InChI is InChI=1S/C21H24F2N4O/c1-14-3-4-15(10-26-14)11-27-8-7-17(12-27)28-13-20(24)21(25-2)18-6-5-16(22)9-19(18)23/h3-6,9-10,17H,2,7-8,11-13,24H2,1H3/b21-20-. The van der Waals surface area contributed by atoms with E-state index < -0.39 is 11.6 Å². The zero-order valence-electron chi connectivity index (χ0n) is 15.9. The number of aliphatic imine (C=N–C) groups is 1. The first kappa shape index (κ1) is 20.1. The number of nitrogens with zero attached hydrogens (tertiary/aromatic N) is 3. The minimum absolute atomic E-state index is 0.0288. The molecule has 7 heteroatoms. The van der Waals surface area contributed by atoms with Gasteiger partial charge in [0.1, 0.15) is 11.6 Å². The Morgan fingerprint density at radius 1 is 1.36 bits per heavy atom. The van der Waals surface area contributed by atoms with E-state index in [0.717, 1.165) is 49.4 Å². The zero-order valence-corrected chi connectivity index (χ0v) is 15.9. The molecule has 1 aliphatic rings. The maximum Gasteiger partial charge on any atom is 0.135 e. The Hall–Kier alpha value is -2.64. The molecule has 0 amide bonds. The van der Waals surface area contributed by atoms with E-state index in [9.17, 15) is 8.78 Å². The van der Waals surface area contributed by atoms with Crippen LogP contribution < -0.4 is 5.73 Å². The topological polar surface area (TPSA) is 63.7 Å². The molecule has 1 unspecified atom stereocenters. The lowest BCUT2D eigenvalue weighted by atomic mass is 10.1. The molecule has 1 atom stereocenters. The second-order valence-corrected chi connectivity index (χ2v) is 6.92. The summed E-state index contributed by atoms with van der Waals surface area (Å²) in [4.78, 5) is 10.4. The van der Waals surface area contributed by atoms with E-state index in [1.165, 1.54) is 6.07 Å². The third kappa shape index (κ3) is 4.99. The molecule has 0 saturated carbocycles. The average molecular weight is 386 g/mol. The molecule has 0 spiro atoms. The van der Waals surface area contributed by atoms with Crippen molar-refractivity contribution in [3.8, 4) is 0 Å². The quantitative estimate of drug-likeness (QED) is 0.742. The second-order valence-electron chi connectivity index (χ2n) is 6.92. The van der Waals surface area contributed by atoms with Crippen LogP contribution in [0.15, 0.2) is 47.2 Å². The van der Waals surface area contributed by atoms with E-state index in [2.05, 4.69) is 27.7 Å². The summed E-state index contributed by atoms with van der Waals surface area (Å²) in [5, 5.41) is 0. The van der Waals surface area contributed by atoms with Crippen LogP contribution in [0, 0.1) is 18.6 Å². The Kier molecular flexibility index (Phi) is 6.49. The van der Waals surface area contributed by atoms with Crippen molar-refractivity contribution in [3.05, 3.63) is 70.7 Å². The van der Waals surface area contributed by atoms with E-state index in [1.54, 1.807) is 0 Å². The number of hydrogen-bond acceptors (Lipinski definition) is 5. The lowest BCUT2D eigenvalue weighted by Crippen LogP contribution is -2.24. The molecule has 2 aromatic rings. The van der Waals surface area contributed by atoms with Crippen LogP contribution in [-0.4, -0.2) is 42.4 Å². The van der Waals surface area contributed by atoms with Gasteiger partial charge in [-0.3, -0.25) is 14.9 Å². The minimum atomic E-state index is -0.732. The number of aromatic nitrogens is 1. The fourth-order valence-electron chi connectivity index (χ4n) is 3.24. The van der Waals surface area contributed by atoms with Crippen LogP contribution in [0.1, 0.15) is 23.2 Å². The van der Waals surface area contributed by atoms with Crippen LogP contribution in [-0.2, 0) is 11.3 Å². The number of benzene rings is 1. The number of halogens is 2. The maximum atomic E-state index is 14.0. The number of hydrogen-bond donors (Lipinski definition) is 1. The molecule has 1 aliphatic heterocycles. The Bertz CT molecular complexity index is 867. The van der Waals surface area contributed by atoms with Crippen LogP contribution in [0.5, 0.6) is 0 Å². The van der Waals surface area contributed by atoms with Crippen molar-refractivity contribution in [2.75, 3.05) is 19.7 Å². The number of aryl methyl sites for hydroxylation is 1. The number of ether oxygens (including phenoxy) is 1. The van der Waals surface area contributed by atoms with Crippen LogP contribution >= 0.6 is 0 Å². The summed E-state index contributed by atoms with van der Waals surface area (Å²) in [5.41, 5.74) is 8.77. The molecule has 0 aliphatic carbocycles. The van der Waals surface area contributed by atoms with Gasteiger partial charge in [0.15, 0.2) is 0 Å². The first-order valence-corrected chi connectivity index (χ1v) is 9.12. The molecule has 2 heterocycles.